The molecule has 2 aromatic heterocycles. The van der Waals surface area contributed by atoms with Crippen molar-refractivity contribution in [3.63, 3.8) is 0 Å². The number of aryl methyl sites for hydroxylation is 1. The van der Waals surface area contributed by atoms with Gasteiger partial charge in [-0.2, -0.15) is 0 Å². The summed E-state index contributed by atoms with van der Waals surface area (Å²) in [6, 6.07) is 1.69. The molecule has 0 radical (unpaired) electrons. The molecule has 78 valence electrons. The predicted molar refractivity (Wildman–Crippen MR) is 54.6 cm³/mol. The van der Waals surface area contributed by atoms with Gasteiger partial charge in [0.05, 0.1) is 18.5 Å². The largest absolute Gasteiger partial charge is 0.461 e. The summed E-state index contributed by atoms with van der Waals surface area (Å²) in [4.78, 5) is 22.5. The highest BCUT2D eigenvalue weighted by Crippen LogP contribution is 2.13. The summed E-state index contributed by atoms with van der Waals surface area (Å²) in [6.07, 6.45) is 1.56. The molecule has 0 aliphatic heterocycles. The maximum atomic E-state index is 11.4. The Hall–Kier alpha value is -1.91. The van der Waals surface area contributed by atoms with Gasteiger partial charge in [-0.1, -0.05) is 0 Å². The molecule has 0 aliphatic rings. The molecule has 5 nitrogen and oxygen atoms in total. The summed E-state index contributed by atoms with van der Waals surface area (Å²) in [5.41, 5.74) is 2.62. The molecule has 0 spiro atoms. The van der Waals surface area contributed by atoms with Crippen molar-refractivity contribution in [2.45, 2.75) is 13.8 Å². The van der Waals surface area contributed by atoms with E-state index in [1.807, 2.05) is 6.92 Å². The number of aromatic amines is 1. The van der Waals surface area contributed by atoms with Crippen LogP contribution in [0.15, 0.2) is 12.4 Å². The van der Waals surface area contributed by atoms with Gasteiger partial charge in [-0.15, -0.1) is 0 Å². The summed E-state index contributed by atoms with van der Waals surface area (Å²) < 4.78 is 4.87. The van der Waals surface area contributed by atoms with Crippen molar-refractivity contribution in [1.82, 2.24) is 15.0 Å². The zero-order chi connectivity index (χ0) is 10.8. The Balaban J connectivity index is 2.49. The van der Waals surface area contributed by atoms with E-state index in [9.17, 15) is 4.79 Å². The van der Waals surface area contributed by atoms with Crippen molar-refractivity contribution in [3.8, 4) is 0 Å². The summed E-state index contributed by atoms with van der Waals surface area (Å²) >= 11 is 0. The molecule has 0 saturated heterocycles. The molecule has 0 unspecified atom stereocenters. The van der Waals surface area contributed by atoms with E-state index in [0.717, 1.165) is 11.1 Å². The molecule has 2 heterocycles. The van der Waals surface area contributed by atoms with E-state index in [1.54, 1.807) is 19.3 Å². The quantitative estimate of drug-likeness (QED) is 0.753. The highest BCUT2D eigenvalue weighted by atomic mass is 16.5. The SMILES string of the molecule is CCOC(=O)c1cc(C)c2[nH]cnc2n1. The molecule has 0 amide bonds. The fourth-order valence-electron chi connectivity index (χ4n) is 1.40. The molecule has 2 aromatic rings. The number of nitrogens with one attached hydrogen (secondary N) is 1. The number of carbonyl (C=O) groups is 1. The number of ether oxygens (including phenoxy) is 1. The molecule has 2 rings (SSSR count). The van der Waals surface area contributed by atoms with E-state index < -0.39 is 5.97 Å². The average molecular weight is 205 g/mol. The maximum Gasteiger partial charge on any atom is 0.357 e. The fourth-order valence-corrected chi connectivity index (χ4v) is 1.40. The first-order chi connectivity index (χ1) is 7.22. The number of esters is 1. The first kappa shape index (κ1) is 9.64. The van der Waals surface area contributed by atoms with E-state index in [4.69, 9.17) is 4.74 Å². The van der Waals surface area contributed by atoms with Gasteiger partial charge < -0.3 is 9.72 Å². The minimum absolute atomic E-state index is 0.300. The van der Waals surface area contributed by atoms with Crippen molar-refractivity contribution in [2.75, 3.05) is 6.61 Å². The summed E-state index contributed by atoms with van der Waals surface area (Å²) in [6.45, 7) is 4.00. The molecule has 5 heteroatoms. The number of rotatable bonds is 2. The Labute approximate surface area is 86.5 Å². The number of carbonyl (C=O) groups excluding carboxylic acids is 1. The van der Waals surface area contributed by atoms with Crippen LogP contribution in [-0.2, 0) is 4.74 Å². The van der Waals surface area contributed by atoms with Gasteiger partial charge in [-0.3, -0.25) is 0 Å². The minimum Gasteiger partial charge on any atom is -0.461 e. The van der Waals surface area contributed by atoms with Gasteiger partial charge >= 0.3 is 5.97 Å². The molecule has 1 N–H and O–H groups in total. The minimum atomic E-state index is -0.412. The lowest BCUT2D eigenvalue weighted by Crippen LogP contribution is -2.07. The predicted octanol–water partition coefficient (Wildman–Crippen LogP) is 1.44. The van der Waals surface area contributed by atoms with E-state index >= 15 is 0 Å². The normalized spacial score (nSPS) is 10.5. The fraction of sp³-hybridized carbons (Fsp3) is 0.300. The molecular weight excluding hydrogens is 194 g/mol. The zero-order valence-corrected chi connectivity index (χ0v) is 8.57. The topological polar surface area (TPSA) is 67.9 Å². The monoisotopic (exact) mass is 205 g/mol. The zero-order valence-electron chi connectivity index (χ0n) is 8.57. The number of pyridine rings is 1. The molecule has 0 aliphatic carbocycles. The lowest BCUT2D eigenvalue weighted by Gasteiger charge is -2.02. The number of nitrogens with zero attached hydrogens (tertiary/aromatic N) is 2. The first-order valence-corrected chi connectivity index (χ1v) is 4.70. The molecule has 15 heavy (non-hydrogen) atoms. The summed E-state index contributed by atoms with van der Waals surface area (Å²) in [5, 5.41) is 0. The highest BCUT2D eigenvalue weighted by Gasteiger charge is 2.11. The van der Waals surface area contributed by atoms with Crippen molar-refractivity contribution < 1.29 is 9.53 Å². The molecule has 0 bridgehead atoms. The van der Waals surface area contributed by atoms with Crippen LogP contribution in [0.2, 0.25) is 0 Å². The number of aromatic nitrogens is 3. The van der Waals surface area contributed by atoms with Crippen LogP contribution in [0.25, 0.3) is 11.2 Å². The van der Waals surface area contributed by atoms with E-state index in [0.29, 0.717) is 17.9 Å². The number of hydrogen-bond acceptors (Lipinski definition) is 4. The van der Waals surface area contributed by atoms with Gasteiger partial charge in [0.1, 0.15) is 0 Å². The van der Waals surface area contributed by atoms with Crippen LogP contribution in [0.5, 0.6) is 0 Å². The number of H-pyrrole nitrogens is 1. The van der Waals surface area contributed by atoms with Gasteiger partial charge in [-0.05, 0) is 25.5 Å². The third kappa shape index (κ3) is 1.68. The van der Waals surface area contributed by atoms with Crippen LogP contribution in [0.4, 0.5) is 0 Å². The Kier molecular flexibility index (Phi) is 2.37. The van der Waals surface area contributed by atoms with Crippen LogP contribution in [0.3, 0.4) is 0 Å². The third-order valence-corrected chi connectivity index (χ3v) is 2.08. The Morgan fingerprint density at radius 3 is 3.13 bits per heavy atom. The highest BCUT2D eigenvalue weighted by molar-refractivity contribution is 5.90. The smallest absolute Gasteiger partial charge is 0.357 e. The van der Waals surface area contributed by atoms with Crippen molar-refractivity contribution in [2.24, 2.45) is 0 Å². The Morgan fingerprint density at radius 1 is 1.60 bits per heavy atom. The Morgan fingerprint density at radius 2 is 2.40 bits per heavy atom. The second-order valence-electron chi connectivity index (χ2n) is 3.15. The van der Waals surface area contributed by atoms with Gasteiger partial charge in [0.2, 0.25) is 0 Å². The van der Waals surface area contributed by atoms with Crippen LogP contribution in [-0.4, -0.2) is 27.5 Å². The average Bonchev–Trinajstić information content (AvgIpc) is 2.66. The van der Waals surface area contributed by atoms with Crippen LogP contribution < -0.4 is 0 Å². The second-order valence-corrected chi connectivity index (χ2v) is 3.15. The Bertz CT molecular complexity index is 504. The molecule has 0 fully saturated rings. The molecule has 0 aromatic carbocycles. The second kappa shape index (κ2) is 3.68. The summed E-state index contributed by atoms with van der Waals surface area (Å²) in [7, 11) is 0. The lowest BCUT2D eigenvalue weighted by atomic mass is 10.2. The number of fused-ring (bicyclic) bond motifs is 1. The van der Waals surface area contributed by atoms with Crippen LogP contribution in [0.1, 0.15) is 23.0 Å². The number of imidazole rings is 1. The molecule has 0 saturated carbocycles. The van der Waals surface area contributed by atoms with E-state index in [1.165, 1.54) is 0 Å². The van der Waals surface area contributed by atoms with Crippen molar-refractivity contribution >= 4 is 17.1 Å². The first-order valence-electron chi connectivity index (χ1n) is 4.70. The molecule has 0 atom stereocenters. The maximum absolute atomic E-state index is 11.4. The molecular formula is C10H11N3O2. The van der Waals surface area contributed by atoms with Gasteiger partial charge in [0.25, 0.3) is 0 Å². The van der Waals surface area contributed by atoms with Crippen molar-refractivity contribution in [3.05, 3.63) is 23.7 Å². The third-order valence-electron chi connectivity index (χ3n) is 2.08. The van der Waals surface area contributed by atoms with Crippen LogP contribution in [0, 0.1) is 6.92 Å². The van der Waals surface area contributed by atoms with E-state index in [2.05, 4.69) is 15.0 Å². The standard InChI is InChI=1S/C10H11N3O2/c1-3-15-10(14)7-4-6(2)8-9(13-7)12-5-11-8/h4-5H,3H2,1-2H3,(H,11,12,13). The van der Waals surface area contributed by atoms with E-state index in [-0.39, 0.29) is 0 Å². The summed E-state index contributed by atoms with van der Waals surface area (Å²) in [5.74, 6) is -0.412. The van der Waals surface area contributed by atoms with Gasteiger partial charge in [0, 0.05) is 0 Å². The lowest BCUT2D eigenvalue weighted by molar-refractivity contribution is 0.0520. The van der Waals surface area contributed by atoms with Gasteiger partial charge in [0.15, 0.2) is 11.3 Å². The number of hydrogen-bond donors (Lipinski definition) is 1. The van der Waals surface area contributed by atoms with Gasteiger partial charge in [-0.25, -0.2) is 14.8 Å². The van der Waals surface area contributed by atoms with Crippen LogP contribution >= 0.6 is 0 Å². The van der Waals surface area contributed by atoms with Crippen molar-refractivity contribution in [1.29, 1.82) is 0 Å².